The third kappa shape index (κ3) is 5.99. The van der Waals surface area contributed by atoms with Gasteiger partial charge in [0.1, 0.15) is 0 Å². The molecule has 11 heteroatoms. The molecule has 8 nitrogen and oxygen atoms in total. The summed E-state index contributed by atoms with van der Waals surface area (Å²) in [4.78, 5) is 33.8. The Bertz CT molecular complexity index is 851. The predicted molar refractivity (Wildman–Crippen MR) is 103 cm³/mol. The van der Waals surface area contributed by atoms with Gasteiger partial charge in [0.05, 0.1) is 20.7 Å². The molecule has 0 saturated heterocycles. The van der Waals surface area contributed by atoms with Crippen LogP contribution in [0.3, 0.4) is 0 Å². The summed E-state index contributed by atoms with van der Waals surface area (Å²) in [5.41, 5.74) is 5.43. The smallest absolute Gasteiger partial charge is 0.269 e. The Morgan fingerprint density at radius 3 is 2.19 bits per heavy atom. The molecule has 0 saturated carbocycles. The van der Waals surface area contributed by atoms with Crippen molar-refractivity contribution in [3.8, 4) is 0 Å². The van der Waals surface area contributed by atoms with Crippen LogP contribution in [0.25, 0.3) is 0 Å². The first kappa shape index (κ1) is 20.8. The number of nitro groups is 1. The van der Waals surface area contributed by atoms with Crippen molar-refractivity contribution in [1.29, 1.82) is 0 Å². The molecule has 3 N–H and O–H groups in total. The summed E-state index contributed by atoms with van der Waals surface area (Å²) in [6.07, 6.45) is -0.0193. The number of nitrogens with one attached hydrogen (secondary N) is 3. The summed E-state index contributed by atoms with van der Waals surface area (Å²) < 4.78 is 0. The van der Waals surface area contributed by atoms with E-state index in [-0.39, 0.29) is 34.3 Å². The normalized spacial score (nSPS) is 10.2. The van der Waals surface area contributed by atoms with Crippen LogP contribution in [0.15, 0.2) is 36.4 Å². The second kappa shape index (κ2) is 9.40. The summed E-state index contributed by atoms with van der Waals surface area (Å²) in [6.45, 7) is 0.0609. The maximum Gasteiger partial charge on any atom is 0.269 e. The van der Waals surface area contributed by atoms with Gasteiger partial charge in [-0.25, -0.2) is 0 Å². The van der Waals surface area contributed by atoms with Crippen molar-refractivity contribution in [1.82, 2.24) is 10.7 Å². The van der Waals surface area contributed by atoms with E-state index in [0.717, 1.165) is 0 Å². The maximum absolute atomic E-state index is 11.9. The number of rotatable bonds is 7. The minimum Gasteiger partial charge on any atom is -0.352 e. The average molecular weight is 432 g/mol. The maximum atomic E-state index is 11.9. The fraction of sp³-hybridized carbons (Fsp3) is 0.125. The van der Waals surface area contributed by atoms with Crippen LogP contribution in [-0.2, 0) is 4.79 Å². The molecule has 0 aliphatic rings. The van der Waals surface area contributed by atoms with Gasteiger partial charge in [0.2, 0.25) is 5.91 Å². The van der Waals surface area contributed by atoms with Gasteiger partial charge in [-0.15, -0.1) is 0 Å². The number of hydrazine groups is 1. The summed E-state index contributed by atoms with van der Waals surface area (Å²) in [5, 5.41) is 14.0. The predicted octanol–water partition coefficient (Wildman–Crippen LogP) is 3.82. The molecule has 0 aliphatic carbocycles. The van der Waals surface area contributed by atoms with Gasteiger partial charge < -0.3 is 5.32 Å². The Morgan fingerprint density at radius 1 is 1.04 bits per heavy atom. The molecule has 0 fully saturated rings. The molecule has 2 aromatic carbocycles. The van der Waals surface area contributed by atoms with Crippen LogP contribution in [-0.4, -0.2) is 23.3 Å². The van der Waals surface area contributed by atoms with Gasteiger partial charge in [-0.2, -0.15) is 0 Å². The zero-order chi connectivity index (χ0) is 20.0. The van der Waals surface area contributed by atoms with Crippen LogP contribution >= 0.6 is 34.8 Å². The van der Waals surface area contributed by atoms with Gasteiger partial charge in [0.15, 0.2) is 0 Å². The number of amides is 2. The third-order valence-electron chi connectivity index (χ3n) is 3.31. The monoisotopic (exact) mass is 430 g/mol. The van der Waals surface area contributed by atoms with Gasteiger partial charge in [-0.1, -0.05) is 34.8 Å². The third-order valence-corrected chi connectivity index (χ3v) is 4.13. The van der Waals surface area contributed by atoms with Crippen molar-refractivity contribution in [2.75, 3.05) is 12.0 Å². The lowest BCUT2D eigenvalue weighted by atomic mass is 10.2. The lowest BCUT2D eigenvalue weighted by Crippen LogP contribution is -2.33. The standard InChI is InChI=1S/C16H13Cl3N4O4/c17-10-7-12(18)15(13(19)8-10)22-21-14(24)5-6-20-16(25)9-1-3-11(4-2-9)23(26)27/h1-4,7-8,22H,5-6H2,(H,20,25)(H,21,24). The molecule has 0 aliphatic heterocycles. The lowest BCUT2D eigenvalue weighted by Gasteiger charge is -2.12. The average Bonchev–Trinajstić information content (AvgIpc) is 2.60. The van der Waals surface area contributed by atoms with Crippen LogP contribution in [0.5, 0.6) is 0 Å². The summed E-state index contributed by atoms with van der Waals surface area (Å²) in [6, 6.07) is 8.05. The number of carbonyl (C=O) groups is 2. The molecule has 27 heavy (non-hydrogen) atoms. The first-order valence-corrected chi connectivity index (χ1v) is 8.63. The summed E-state index contributed by atoms with van der Waals surface area (Å²) in [7, 11) is 0. The van der Waals surface area contributed by atoms with Gasteiger partial charge in [0.25, 0.3) is 11.6 Å². The first-order chi connectivity index (χ1) is 12.8. The number of benzene rings is 2. The lowest BCUT2D eigenvalue weighted by molar-refractivity contribution is -0.384. The Hall–Kier alpha value is -2.55. The van der Waals surface area contributed by atoms with E-state index in [2.05, 4.69) is 16.2 Å². The highest BCUT2D eigenvalue weighted by molar-refractivity contribution is 6.41. The zero-order valence-electron chi connectivity index (χ0n) is 13.6. The number of carbonyl (C=O) groups excluding carboxylic acids is 2. The van der Waals surface area contributed by atoms with Crippen molar-refractivity contribution >= 4 is 58.0 Å². The van der Waals surface area contributed by atoms with E-state index in [1.54, 1.807) is 0 Å². The molecule has 0 radical (unpaired) electrons. The van der Waals surface area contributed by atoms with Crippen LogP contribution in [0, 0.1) is 10.1 Å². The quantitative estimate of drug-likeness (QED) is 0.455. The van der Waals surface area contributed by atoms with E-state index < -0.39 is 16.7 Å². The fourth-order valence-corrected chi connectivity index (χ4v) is 2.89. The van der Waals surface area contributed by atoms with Gasteiger partial charge in [0, 0.05) is 35.7 Å². The summed E-state index contributed by atoms with van der Waals surface area (Å²) in [5.74, 6) is -0.865. The number of non-ortho nitro benzene ring substituents is 1. The Balaban J connectivity index is 1.79. The number of hydrogen-bond donors (Lipinski definition) is 3. The molecule has 0 bridgehead atoms. The van der Waals surface area contributed by atoms with Crippen LogP contribution in [0.1, 0.15) is 16.8 Å². The van der Waals surface area contributed by atoms with E-state index in [1.807, 2.05) is 0 Å². The van der Waals surface area contributed by atoms with Gasteiger partial charge >= 0.3 is 0 Å². The highest BCUT2D eigenvalue weighted by Crippen LogP contribution is 2.33. The van der Waals surface area contributed by atoms with E-state index in [0.29, 0.717) is 10.7 Å². The minimum atomic E-state index is -0.557. The number of nitrogens with zero attached hydrogens (tertiary/aromatic N) is 1. The van der Waals surface area contributed by atoms with Gasteiger partial charge in [-0.05, 0) is 24.3 Å². The van der Waals surface area contributed by atoms with E-state index in [1.165, 1.54) is 36.4 Å². The molecular weight excluding hydrogens is 419 g/mol. The molecule has 0 atom stereocenters. The minimum absolute atomic E-state index is 0.0193. The Kier molecular flexibility index (Phi) is 7.23. The van der Waals surface area contributed by atoms with E-state index >= 15 is 0 Å². The number of halogens is 3. The topological polar surface area (TPSA) is 113 Å². The van der Waals surface area contributed by atoms with Crippen LogP contribution in [0.2, 0.25) is 15.1 Å². The summed E-state index contributed by atoms with van der Waals surface area (Å²) >= 11 is 17.8. The molecule has 0 spiro atoms. The fourth-order valence-electron chi connectivity index (χ4n) is 1.98. The molecule has 142 valence electrons. The molecule has 2 rings (SSSR count). The van der Waals surface area contributed by atoms with Crippen molar-refractivity contribution in [3.05, 3.63) is 67.1 Å². The van der Waals surface area contributed by atoms with Crippen molar-refractivity contribution in [3.63, 3.8) is 0 Å². The van der Waals surface area contributed by atoms with Crippen LogP contribution in [0.4, 0.5) is 11.4 Å². The zero-order valence-corrected chi connectivity index (χ0v) is 15.9. The highest BCUT2D eigenvalue weighted by atomic mass is 35.5. The molecule has 0 aromatic heterocycles. The molecule has 2 aromatic rings. The van der Waals surface area contributed by atoms with E-state index in [9.17, 15) is 19.7 Å². The first-order valence-electron chi connectivity index (χ1n) is 7.50. The number of anilines is 1. The Labute approximate surface area is 168 Å². The van der Waals surface area contributed by atoms with E-state index in [4.69, 9.17) is 34.8 Å². The van der Waals surface area contributed by atoms with Crippen molar-refractivity contribution in [2.45, 2.75) is 6.42 Å². The van der Waals surface area contributed by atoms with Crippen molar-refractivity contribution < 1.29 is 14.5 Å². The molecule has 0 unspecified atom stereocenters. The van der Waals surface area contributed by atoms with Gasteiger partial charge in [-0.3, -0.25) is 30.6 Å². The largest absolute Gasteiger partial charge is 0.352 e. The van der Waals surface area contributed by atoms with Crippen LogP contribution < -0.4 is 16.2 Å². The second-order valence-corrected chi connectivity index (χ2v) is 6.48. The molecular formula is C16H13Cl3N4O4. The number of hydrogen-bond acceptors (Lipinski definition) is 5. The number of nitro benzene ring substituents is 1. The molecule has 0 heterocycles. The molecule has 2 amide bonds. The highest BCUT2D eigenvalue weighted by Gasteiger charge is 2.11. The van der Waals surface area contributed by atoms with Crippen molar-refractivity contribution in [2.24, 2.45) is 0 Å². The SMILES string of the molecule is O=C(CCNC(=O)c1ccc([N+](=O)[O-])cc1)NNc1c(Cl)cc(Cl)cc1Cl. The Morgan fingerprint density at radius 2 is 1.63 bits per heavy atom. The second-order valence-electron chi connectivity index (χ2n) is 5.23.